The maximum atomic E-state index is 5.79. The fraction of sp³-hybridized carbons (Fsp3) is 0.867. The lowest BCUT2D eigenvalue weighted by Gasteiger charge is -2.16. The molecule has 0 saturated heterocycles. The molecule has 0 aliphatic heterocycles. The van der Waals surface area contributed by atoms with Gasteiger partial charge in [0.1, 0.15) is 0 Å². The minimum absolute atomic E-state index is 0.186. The zero-order valence-corrected chi connectivity index (χ0v) is 13.0. The van der Waals surface area contributed by atoms with Crippen LogP contribution in [0.25, 0.3) is 0 Å². The van der Waals surface area contributed by atoms with Gasteiger partial charge < -0.3 is 18.9 Å². The van der Waals surface area contributed by atoms with Crippen LogP contribution in [-0.2, 0) is 18.9 Å². The van der Waals surface area contributed by atoms with Crippen molar-refractivity contribution in [3.63, 3.8) is 0 Å². The summed E-state index contributed by atoms with van der Waals surface area (Å²) >= 11 is 0. The zero-order chi connectivity index (χ0) is 14.3. The Bertz CT molecular complexity index is 226. The van der Waals surface area contributed by atoms with E-state index in [2.05, 4.69) is 20.8 Å². The summed E-state index contributed by atoms with van der Waals surface area (Å²) in [6, 6.07) is 0. The molecule has 19 heavy (non-hydrogen) atoms. The highest BCUT2D eigenvalue weighted by atomic mass is 16.7. The van der Waals surface area contributed by atoms with E-state index in [9.17, 15) is 0 Å². The highest BCUT2D eigenvalue weighted by Gasteiger charge is 2.11. The Hall–Kier alpha value is -0.900. The van der Waals surface area contributed by atoms with E-state index in [0.717, 1.165) is 44.3 Å². The van der Waals surface area contributed by atoms with Crippen molar-refractivity contribution in [2.45, 2.75) is 59.3 Å². The van der Waals surface area contributed by atoms with Gasteiger partial charge in [0, 0.05) is 13.5 Å². The second-order valence-electron chi connectivity index (χ2n) is 4.42. The molecule has 0 aliphatic rings. The predicted octanol–water partition coefficient (Wildman–Crippen LogP) is 4.21. The van der Waals surface area contributed by atoms with Crippen molar-refractivity contribution in [1.29, 1.82) is 0 Å². The Morgan fingerprint density at radius 3 is 1.95 bits per heavy atom. The van der Waals surface area contributed by atoms with Crippen molar-refractivity contribution in [3.05, 3.63) is 11.7 Å². The summed E-state index contributed by atoms with van der Waals surface area (Å²) in [5.41, 5.74) is 0. The number of unbranched alkanes of at least 4 members (excludes halogenated alkanes) is 2. The van der Waals surface area contributed by atoms with Crippen LogP contribution in [0.1, 0.15) is 59.3 Å². The number of rotatable bonds is 13. The Kier molecular flexibility index (Phi) is 12.9. The van der Waals surface area contributed by atoms with Crippen LogP contribution in [0.15, 0.2) is 11.7 Å². The summed E-state index contributed by atoms with van der Waals surface area (Å²) in [5, 5.41) is 0. The van der Waals surface area contributed by atoms with Gasteiger partial charge in [-0.25, -0.2) is 0 Å². The third kappa shape index (κ3) is 9.65. The first-order valence-electron chi connectivity index (χ1n) is 7.40. The molecule has 0 fully saturated rings. The molecule has 0 unspecified atom stereocenters. The van der Waals surface area contributed by atoms with Gasteiger partial charge in [0.15, 0.2) is 12.6 Å². The van der Waals surface area contributed by atoms with Gasteiger partial charge in [0.25, 0.3) is 0 Å². The number of allylic oxidation sites excluding steroid dienone is 1. The molecular weight excluding hydrogens is 244 g/mol. The molecule has 0 aliphatic carbocycles. The average Bonchev–Trinajstić information content (AvgIpc) is 2.42. The lowest BCUT2D eigenvalue weighted by Crippen LogP contribution is -2.09. The topological polar surface area (TPSA) is 36.9 Å². The fourth-order valence-corrected chi connectivity index (χ4v) is 1.42. The van der Waals surface area contributed by atoms with E-state index < -0.39 is 0 Å². The molecule has 0 aromatic carbocycles. The first kappa shape index (κ1) is 18.1. The summed E-state index contributed by atoms with van der Waals surface area (Å²) < 4.78 is 21.9. The largest absolute Gasteiger partial charge is 0.491 e. The number of methoxy groups -OCH3 is 1. The van der Waals surface area contributed by atoms with Crippen LogP contribution < -0.4 is 0 Å². The van der Waals surface area contributed by atoms with Crippen molar-refractivity contribution < 1.29 is 18.9 Å². The van der Waals surface area contributed by atoms with Gasteiger partial charge in [-0.2, -0.15) is 0 Å². The molecule has 0 bridgehead atoms. The summed E-state index contributed by atoms with van der Waals surface area (Å²) in [5.74, 6) is 1.30. The average molecular weight is 274 g/mol. The molecule has 0 heterocycles. The normalized spacial score (nSPS) is 12.0. The minimum Gasteiger partial charge on any atom is -0.491 e. The van der Waals surface area contributed by atoms with Gasteiger partial charge >= 0.3 is 5.95 Å². The van der Waals surface area contributed by atoms with E-state index >= 15 is 0 Å². The Morgan fingerprint density at radius 1 is 0.789 bits per heavy atom. The highest BCUT2D eigenvalue weighted by Crippen LogP contribution is 2.17. The molecule has 0 radical (unpaired) electrons. The highest BCUT2D eigenvalue weighted by molar-refractivity contribution is 4.95. The third-order valence-corrected chi connectivity index (χ3v) is 2.52. The summed E-state index contributed by atoms with van der Waals surface area (Å²) in [4.78, 5) is 0. The molecule has 0 rings (SSSR count). The predicted molar refractivity (Wildman–Crippen MR) is 76.6 cm³/mol. The van der Waals surface area contributed by atoms with Gasteiger partial charge in [-0.05, 0) is 19.3 Å². The molecule has 0 amide bonds. The van der Waals surface area contributed by atoms with Crippen LogP contribution in [-0.4, -0.2) is 27.1 Å². The molecular formula is C15H30O4. The van der Waals surface area contributed by atoms with Crippen LogP contribution in [0.3, 0.4) is 0 Å². The molecule has 0 saturated carbocycles. The van der Waals surface area contributed by atoms with Crippen LogP contribution in [0.4, 0.5) is 0 Å². The number of ether oxygens (including phenoxy) is 4. The Labute approximate surface area is 118 Å². The second-order valence-corrected chi connectivity index (χ2v) is 4.42. The van der Waals surface area contributed by atoms with Crippen molar-refractivity contribution >= 4 is 0 Å². The van der Waals surface area contributed by atoms with Gasteiger partial charge in [-0.1, -0.05) is 33.6 Å². The van der Waals surface area contributed by atoms with E-state index in [1.165, 1.54) is 0 Å². The van der Waals surface area contributed by atoms with E-state index in [-0.39, 0.29) is 6.79 Å². The molecule has 0 aromatic rings. The van der Waals surface area contributed by atoms with Crippen molar-refractivity contribution in [1.82, 2.24) is 0 Å². The van der Waals surface area contributed by atoms with E-state index in [0.29, 0.717) is 19.2 Å². The van der Waals surface area contributed by atoms with E-state index in [1.54, 1.807) is 7.11 Å². The molecule has 0 aromatic heterocycles. The van der Waals surface area contributed by atoms with Gasteiger partial charge in [0.2, 0.25) is 0 Å². The molecule has 0 spiro atoms. The quantitative estimate of drug-likeness (QED) is 0.286. The Morgan fingerprint density at radius 2 is 1.42 bits per heavy atom. The van der Waals surface area contributed by atoms with E-state index in [4.69, 9.17) is 18.9 Å². The molecule has 4 heteroatoms. The summed E-state index contributed by atoms with van der Waals surface area (Å²) in [7, 11) is 1.60. The lowest BCUT2D eigenvalue weighted by molar-refractivity contribution is -0.0690. The maximum absolute atomic E-state index is 5.79. The van der Waals surface area contributed by atoms with Crippen LogP contribution in [0.5, 0.6) is 0 Å². The molecule has 4 nitrogen and oxygen atoms in total. The minimum atomic E-state index is 0.186. The van der Waals surface area contributed by atoms with Gasteiger partial charge in [-0.15, -0.1) is 0 Å². The standard InChI is InChI=1S/C15H30O4/c1-5-8-11-17-14(10-7-3)15(19-13-16-4)18-12-9-6-2/h5-13H2,1-4H3. The smallest absolute Gasteiger partial charge is 0.321 e. The van der Waals surface area contributed by atoms with Crippen molar-refractivity contribution in [2.24, 2.45) is 0 Å². The zero-order valence-electron chi connectivity index (χ0n) is 13.0. The molecule has 0 atom stereocenters. The fourth-order valence-electron chi connectivity index (χ4n) is 1.42. The monoisotopic (exact) mass is 274 g/mol. The summed E-state index contributed by atoms with van der Waals surface area (Å²) in [6.45, 7) is 7.94. The molecule has 0 N–H and O–H groups in total. The van der Waals surface area contributed by atoms with Gasteiger partial charge in [-0.3, -0.25) is 0 Å². The lowest BCUT2D eigenvalue weighted by atomic mass is 10.3. The SMILES string of the molecule is CCCCOC(CCC)=C(OCCCC)OCOC. The Balaban J connectivity index is 4.53. The van der Waals surface area contributed by atoms with Crippen LogP contribution >= 0.6 is 0 Å². The number of hydrogen-bond acceptors (Lipinski definition) is 4. The third-order valence-electron chi connectivity index (χ3n) is 2.52. The maximum Gasteiger partial charge on any atom is 0.321 e. The molecule has 114 valence electrons. The van der Waals surface area contributed by atoms with Crippen LogP contribution in [0, 0.1) is 0 Å². The second kappa shape index (κ2) is 13.5. The summed E-state index contributed by atoms with van der Waals surface area (Å²) in [6.07, 6.45) is 6.09. The number of hydrogen-bond donors (Lipinski definition) is 0. The van der Waals surface area contributed by atoms with Crippen molar-refractivity contribution in [3.8, 4) is 0 Å². The first-order valence-corrected chi connectivity index (χ1v) is 7.40. The van der Waals surface area contributed by atoms with E-state index in [1.807, 2.05) is 0 Å². The van der Waals surface area contributed by atoms with Gasteiger partial charge in [0.05, 0.1) is 13.2 Å². The van der Waals surface area contributed by atoms with Crippen LogP contribution in [0.2, 0.25) is 0 Å². The van der Waals surface area contributed by atoms with Crippen molar-refractivity contribution in [2.75, 3.05) is 27.1 Å². The first-order chi connectivity index (χ1) is 9.29.